The molecular weight excluding hydrogens is 428 g/mol. The molecular formula is C23H30N4O4S. The Morgan fingerprint density at radius 2 is 2.19 bits per heavy atom. The van der Waals surface area contributed by atoms with Crippen LogP contribution in [-0.4, -0.2) is 63.6 Å². The van der Waals surface area contributed by atoms with Crippen molar-refractivity contribution < 1.29 is 19.3 Å². The molecule has 0 saturated carbocycles. The first kappa shape index (κ1) is 23.0. The van der Waals surface area contributed by atoms with E-state index in [9.17, 15) is 5.11 Å². The van der Waals surface area contributed by atoms with Crippen LogP contribution in [0.4, 0.5) is 0 Å². The molecule has 0 bridgehead atoms. The smallest absolute Gasteiger partial charge is 0.187 e. The van der Waals surface area contributed by atoms with E-state index in [4.69, 9.17) is 19.3 Å². The molecule has 2 atom stereocenters. The van der Waals surface area contributed by atoms with Crippen LogP contribution in [0.3, 0.4) is 0 Å². The monoisotopic (exact) mass is 458 g/mol. The van der Waals surface area contributed by atoms with Gasteiger partial charge in [-0.15, -0.1) is 0 Å². The van der Waals surface area contributed by atoms with Gasteiger partial charge in [0.05, 0.1) is 30.5 Å². The first-order valence-corrected chi connectivity index (χ1v) is 12.3. The molecule has 0 spiro atoms. The second-order valence-electron chi connectivity index (χ2n) is 7.85. The van der Waals surface area contributed by atoms with E-state index in [1.165, 1.54) is 11.8 Å². The van der Waals surface area contributed by atoms with Gasteiger partial charge in [-0.25, -0.2) is 14.6 Å². The van der Waals surface area contributed by atoms with Crippen molar-refractivity contribution in [3.8, 4) is 17.1 Å². The number of nitrogens with zero attached hydrogens (tertiary/aromatic N) is 4. The molecule has 2 aromatic heterocycles. The summed E-state index contributed by atoms with van der Waals surface area (Å²) < 4.78 is 19.4. The molecule has 1 aromatic carbocycles. The molecule has 1 fully saturated rings. The van der Waals surface area contributed by atoms with Crippen LogP contribution in [0.15, 0.2) is 35.6 Å². The predicted molar refractivity (Wildman–Crippen MR) is 124 cm³/mol. The van der Waals surface area contributed by atoms with E-state index in [0.717, 1.165) is 60.3 Å². The number of hydrogen-bond acceptors (Lipinski definition) is 8. The maximum atomic E-state index is 9.25. The fraction of sp³-hybridized carbons (Fsp3) is 0.522. The van der Waals surface area contributed by atoms with Gasteiger partial charge in [0.2, 0.25) is 0 Å². The van der Waals surface area contributed by atoms with Crippen LogP contribution in [0.2, 0.25) is 0 Å². The lowest BCUT2D eigenvalue weighted by Gasteiger charge is -2.23. The van der Waals surface area contributed by atoms with Gasteiger partial charge in [-0.2, -0.15) is 5.10 Å². The van der Waals surface area contributed by atoms with Crippen LogP contribution >= 0.6 is 11.8 Å². The minimum atomic E-state index is -0.449. The van der Waals surface area contributed by atoms with Crippen molar-refractivity contribution in [3.63, 3.8) is 0 Å². The highest BCUT2D eigenvalue weighted by Gasteiger charge is 2.22. The summed E-state index contributed by atoms with van der Waals surface area (Å²) in [5.41, 5.74) is 2.59. The molecule has 1 aliphatic rings. The summed E-state index contributed by atoms with van der Waals surface area (Å²) in [5, 5.41) is 15.9. The minimum absolute atomic E-state index is 0.0697. The van der Waals surface area contributed by atoms with Gasteiger partial charge >= 0.3 is 0 Å². The van der Waals surface area contributed by atoms with Gasteiger partial charge in [0, 0.05) is 31.2 Å². The van der Waals surface area contributed by atoms with Gasteiger partial charge in [-0.05, 0) is 56.7 Å². The molecule has 1 unspecified atom stereocenters. The van der Waals surface area contributed by atoms with Gasteiger partial charge in [0.25, 0.3) is 0 Å². The summed E-state index contributed by atoms with van der Waals surface area (Å²) >= 11 is 1.51. The molecule has 0 radical (unpaired) electrons. The van der Waals surface area contributed by atoms with Crippen molar-refractivity contribution in [2.75, 3.05) is 32.7 Å². The van der Waals surface area contributed by atoms with Crippen LogP contribution < -0.4 is 4.74 Å². The molecule has 8 nitrogen and oxygen atoms in total. The third-order valence-electron chi connectivity index (χ3n) is 5.23. The molecule has 172 valence electrons. The van der Waals surface area contributed by atoms with Crippen LogP contribution in [0.5, 0.6) is 5.75 Å². The number of aromatic nitrogens is 4. The normalized spacial score (nSPS) is 17.5. The molecule has 9 heteroatoms. The van der Waals surface area contributed by atoms with E-state index < -0.39 is 6.10 Å². The second-order valence-corrected chi connectivity index (χ2v) is 8.62. The third-order valence-corrected chi connectivity index (χ3v) is 5.79. The number of hydrogen-bond donors (Lipinski definition) is 1. The Hall–Kier alpha value is -2.20. The summed E-state index contributed by atoms with van der Waals surface area (Å²) in [6, 6.07) is 7.92. The predicted octanol–water partition coefficient (Wildman–Crippen LogP) is 4.08. The fourth-order valence-electron chi connectivity index (χ4n) is 3.71. The summed E-state index contributed by atoms with van der Waals surface area (Å²) in [6.45, 7) is 3.89. The lowest BCUT2D eigenvalue weighted by Crippen LogP contribution is -2.19. The lowest BCUT2D eigenvalue weighted by atomic mass is 10.1. The lowest BCUT2D eigenvalue weighted by molar-refractivity contribution is -0.0365. The summed E-state index contributed by atoms with van der Waals surface area (Å²) in [6.07, 6.45) is 7.12. The topological polar surface area (TPSA) is 91.5 Å². The van der Waals surface area contributed by atoms with Crippen LogP contribution in [-0.2, 0) is 9.47 Å². The number of rotatable bonds is 10. The second kappa shape index (κ2) is 11.1. The van der Waals surface area contributed by atoms with Crippen LogP contribution in [0.25, 0.3) is 22.3 Å². The molecule has 4 rings (SSSR count). The summed E-state index contributed by atoms with van der Waals surface area (Å²) in [5.74, 6) is 0.775. The number of aliphatic hydroxyl groups excluding tert-OH is 1. The highest BCUT2D eigenvalue weighted by molar-refractivity contribution is 7.98. The average molecular weight is 459 g/mol. The minimum Gasteiger partial charge on any atom is -0.493 e. The van der Waals surface area contributed by atoms with Crippen molar-refractivity contribution in [1.82, 2.24) is 19.7 Å². The number of thioether (sulfide) groups is 1. The largest absolute Gasteiger partial charge is 0.493 e. The van der Waals surface area contributed by atoms with Crippen LogP contribution in [0.1, 0.15) is 38.8 Å². The Balaban J connectivity index is 1.59. The van der Waals surface area contributed by atoms with Crippen molar-refractivity contribution >= 4 is 22.7 Å². The molecule has 1 aliphatic heterocycles. The third kappa shape index (κ3) is 5.58. The van der Waals surface area contributed by atoms with E-state index in [-0.39, 0.29) is 6.23 Å². The van der Waals surface area contributed by atoms with E-state index in [1.54, 1.807) is 13.1 Å². The molecule has 32 heavy (non-hydrogen) atoms. The quantitative estimate of drug-likeness (QED) is 0.276. The van der Waals surface area contributed by atoms with Crippen molar-refractivity contribution in [2.45, 2.75) is 50.1 Å². The maximum absolute atomic E-state index is 9.25. The maximum Gasteiger partial charge on any atom is 0.187 e. The Labute approximate surface area is 192 Å². The molecule has 3 heterocycles. The summed E-state index contributed by atoms with van der Waals surface area (Å²) in [4.78, 5) is 8.96. The highest BCUT2D eigenvalue weighted by Crippen LogP contribution is 2.34. The number of benzene rings is 1. The van der Waals surface area contributed by atoms with Gasteiger partial charge in [-0.1, -0.05) is 11.8 Å². The van der Waals surface area contributed by atoms with Crippen molar-refractivity contribution in [3.05, 3.63) is 30.5 Å². The summed E-state index contributed by atoms with van der Waals surface area (Å²) in [7, 11) is 0. The standard InChI is InChI=1S/C23H30N4O4S/c1-16(28)15-29-11-5-13-30-17-7-8-20-18(14-17)22(19-9-10-24-23(25-19)32-2)26-27(20)21-6-3-4-12-31-21/h7-10,14,16,21,28H,3-6,11-13,15H2,1-2H3/t16-,21?/m0/s1. The highest BCUT2D eigenvalue weighted by atomic mass is 32.2. The Kier molecular flexibility index (Phi) is 7.96. The molecule has 0 amide bonds. The first-order valence-electron chi connectivity index (χ1n) is 11.1. The zero-order chi connectivity index (χ0) is 22.3. The van der Waals surface area contributed by atoms with Crippen LogP contribution in [0, 0.1) is 0 Å². The van der Waals surface area contributed by atoms with Crippen molar-refractivity contribution in [1.29, 1.82) is 0 Å². The van der Waals surface area contributed by atoms with E-state index in [1.807, 2.05) is 35.2 Å². The van der Waals surface area contributed by atoms with E-state index >= 15 is 0 Å². The first-order chi connectivity index (χ1) is 15.7. The Morgan fingerprint density at radius 1 is 1.28 bits per heavy atom. The average Bonchev–Trinajstić information content (AvgIpc) is 3.20. The van der Waals surface area contributed by atoms with E-state index in [0.29, 0.717) is 25.0 Å². The number of ether oxygens (including phenoxy) is 3. The van der Waals surface area contributed by atoms with Gasteiger partial charge in [0.15, 0.2) is 11.4 Å². The Bertz CT molecular complexity index is 1020. The van der Waals surface area contributed by atoms with Gasteiger partial charge in [-0.3, -0.25) is 0 Å². The fourth-order valence-corrected chi connectivity index (χ4v) is 4.07. The molecule has 3 aromatic rings. The number of aliphatic hydroxyl groups is 1. The van der Waals surface area contributed by atoms with Gasteiger partial charge < -0.3 is 19.3 Å². The zero-order valence-electron chi connectivity index (χ0n) is 18.6. The Morgan fingerprint density at radius 3 is 2.97 bits per heavy atom. The van der Waals surface area contributed by atoms with Crippen molar-refractivity contribution in [2.24, 2.45) is 0 Å². The van der Waals surface area contributed by atoms with Gasteiger partial charge in [0.1, 0.15) is 11.4 Å². The SMILES string of the molecule is CSc1nccc(-c2nn(C3CCCCO3)c3ccc(OCCCOC[C@H](C)O)cc23)n1. The molecule has 0 aliphatic carbocycles. The molecule has 1 N–H and O–H groups in total. The molecule has 1 saturated heterocycles. The van der Waals surface area contributed by atoms with E-state index in [2.05, 4.69) is 9.97 Å². The zero-order valence-corrected chi connectivity index (χ0v) is 19.4. The number of fused-ring (bicyclic) bond motifs is 1.